The number of hydrogen-bond acceptors (Lipinski definition) is 3. The van der Waals surface area contributed by atoms with E-state index in [0.29, 0.717) is 5.56 Å². The number of hydrogen-bond donors (Lipinski definition) is 2. The van der Waals surface area contributed by atoms with Crippen molar-refractivity contribution in [2.45, 2.75) is 19.0 Å². The van der Waals surface area contributed by atoms with Gasteiger partial charge in [0.15, 0.2) is 0 Å². The van der Waals surface area contributed by atoms with Crippen LogP contribution in [0.25, 0.3) is 0 Å². The lowest BCUT2D eigenvalue weighted by atomic mass is 9.97. The Morgan fingerprint density at radius 2 is 1.92 bits per heavy atom. The predicted molar refractivity (Wildman–Crippen MR) is 51.7 cm³/mol. The fourth-order valence-corrected chi connectivity index (χ4v) is 1.17. The number of nitriles is 1. The Balaban J connectivity index is 3.07. The van der Waals surface area contributed by atoms with Gasteiger partial charge in [0, 0.05) is 12.1 Å². The second-order valence-corrected chi connectivity index (χ2v) is 3.08. The van der Waals surface area contributed by atoms with Gasteiger partial charge in [-0.1, -0.05) is 18.2 Å². The van der Waals surface area contributed by atoms with Gasteiger partial charge in [-0.15, -0.1) is 0 Å². The molecule has 1 aromatic rings. The van der Waals surface area contributed by atoms with E-state index < -0.39 is 0 Å². The topological polar surface area (TPSA) is 75.8 Å². The number of nitrogens with zero attached hydrogens (tertiary/aromatic N) is 1. The van der Waals surface area contributed by atoms with E-state index in [1.165, 1.54) is 0 Å². The highest BCUT2D eigenvalue weighted by Crippen LogP contribution is 2.16. The van der Waals surface area contributed by atoms with Crippen molar-refractivity contribution >= 4 is 0 Å². The van der Waals surface area contributed by atoms with Crippen molar-refractivity contribution in [3.8, 4) is 6.07 Å². The zero-order valence-corrected chi connectivity index (χ0v) is 7.57. The normalized spacial score (nSPS) is 14.6. The van der Waals surface area contributed by atoms with E-state index in [-0.39, 0.29) is 12.1 Å². The summed E-state index contributed by atoms with van der Waals surface area (Å²) in [7, 11) is 0. The summed E-state index contributed by atoms with van der Waals surface area (Å²) in [6, 6.07) is 8.95. The highest BCUT2D eigenvalue weighted by molar-refractivity contribution is 5.39. The van der Waals surface area contributed by atoms with Gasteiger partial charge in [0.05, 0.1) is 11.6 Å². The second kappa shape index (κ2) is 4.04. The molecule has 2 atom stereocenters. The average Bonchev–Trinajstić information content (AvgIpc) is 2.16. The molecule has 0 aromatic heterocycles. The molecule has 1 rings (SSSR count). The average molecular weight is 175 g/mol. The van der Waals surface area contributed by atoms with E-state index >= 15 is 0 Å². The Hall–Kier alpha value is -1.37. The van der Waals surface area contributed by atoms with Crippen molar-refractivity contribution in [1.82, 2.24) is 0 Å². The minimum absolute atomic E-state index is 0.144. The summed E-state index contributed by atoms with van der Waals surface area (Å²) in [6.45, 7) is 1.83. The van der Waals surface area contributed by atoms with E-state index in [1.54, 1.807) is 6.07 Å². The predicted octanol–water partition coefficient (Wildman–Crippen LogP) is 0.905. The quantitative estimate of drug-likeness (QED) is 0.701. The Morgan fingerprint density at radius 1 is 1.31 bits per heavy atom. The first-order valence-corrected chi connectivity index (χ1v) is 4.17. The first-order valence-electron chi connectivity index (χ1n) is 4.17. The molecule has 0 heterocycles. The first kappa shape index (κ1) is 9.72. The van der Waals surface area contributed by atoms with Crippen LogP contribution in [0.3, 0.4) is 0 Å². The SMILES string of the molecule is CC(N)C(N)c1ccccc1C#N. The molecule has 68 valence electrons. The maximum Gasteiger partial charge on any atom is 0.0995 e. The smallest absolute Gasteiger partial charge is 0.0995 e. The molecule has 0 fully saturated rings. The molecule has 2 unspecified atom stereocenters. The molecule has 0 aliphatic carbocycles. The molecule has 3 nitrogen and oxygen atoms in total. The number of nitrogens with two attached hydrogens (primary N) is 2. The molecule has 0 saturated carbocycles. The van der Waals surface area contributed by atoms with Crippen LogP contribution >= 0.6 is 0 Å². The molecular weight excluding hydrogens is 162 g/mol. The molecule has 13 heavy (non-hydrogen) atoms. The van der Waals surface area contributed by atoms with Crippen molar-refractivity contribution in [3.63, 3.8) is 0 Å². The minimum atomic E-state index is -0.268. The third-order valence-electron chi connectivity index (χ3n) is 2.01. The van der Waals surface area contributed by atoms with Crippen LogP contribution in [0.4, 0.5) is 0 Å². The Kier molecular flexibility index (Phi) is 3.02. The van der Waals surface area contributed by atoms with E-state index in [2.05, 4.69) is 6.07 Å². The lowest BCUT2D eigenvalue weighted by molar-refractivity contribution is 0.588. The van der Waals surface area contributed by atoms with Gasteiger partial charge < -0.3 is 11.5 Å². The third-order valence-corrected chi connectivity index (χ3v) is 2.01. The summed E-state index contributed by atoms with van der Waals surface area (Å²) < 4.78 is 0. The van der Waals surface area contributed by atoms with Gasteiger partial charge >= 0.3 is 0 Å². The molecular formula is C10H13N3. The Morgan fingerprint density at radius 3 is 2.46 bits per heavy atom. The zero-order chi connectivity index (χ0) is 9.84. The highest BCUT2D eigenvalue weighted by atomic mass is 14.8. The van der Waals surface area contributed by atoms with Gasteiger partial charge in [-0.3, -0.25) is 0 Å². The Bertz CT molecular complexity index is 325. The molecule has 0 saturated heterocycles. The summed E-state index contributed by atoms with van der Waals surface area (Å²) in [5.74, 6) is 0. The van der Waals surface area contributed by atoms with Crippen molar-refractivity contribution in [2.75, 3.05) is 0 Å². The van der Waals surface area contributed by atoms with Gasteiger partial charge in [0.1, 0.15) is 0 Å². The molecule has 0 bridgehead atoms. The lowest BCUT2D eigenvalue weighted by Crippen LogP contribution is -2.31. The van der Waals surface area contributed by atoms with Crippen molar-refractivity contribution in [3.05, 3.63) is 35.4 Å². The fourth-order valence-electron chi connectivity index (χ4n) is 1.17. The molecule has 4 N–H and O–H groups in total. The number of rotatable bonds is 2. The van der Waals surface area contributed by atoms with Crippen molar-refractivity contribution < 1.29 is 0 Å². The van der Waals surface area contributed by atoms with E-state index in [1.807, 2.05) is 25.1 Å². The van der Waals surface area contributed by atoms with E-state index in [0.717, 1.165) is 5.56 Å². The Labute approximate surface area is 78.0 Å². The van der Waals surface area contributed by atoms with Gasteiger partial charge in [-0.2, -0.15) is 5.26 Å². The maximum atomic E-state index is 8.80. The van der Waals surface area contributed by atoms with Crippen LogP contribution < -0.4 is 11.5 Å². The second-order valence-electron chi connectivity index (χ2n) is 3.08. The minimum Gasteiger partial charge on any atom is -0.326 e. The summed E-state index contributed by atoms with van der Waals surface area (Å²) in [4.78, 5) is 0. The fraction of sp³-hybridized carbons (Fsp3) is 0.300. The summed E-state index contributed by atoms with van der Waals surface area (Å²) in [5, 5.41) is 8.80. The van der Waals surface area contributed by atoms with Gasteiger partial charge in [-0.25, -0.2) is 0 Å². The van der Waals surface area contributed by atoms with Crippen LogP contribution in [-0.2, 0) is 0 Å². The monoisotopic (exact) mass is 175 g/mol. The van der Waals surface area contributed by atoms with Crippen molar-refractivity contribution in [1.29, 1.82) is 5.26 Å². The molecule has 0 radical (unpaired) electrons. The largest absolute Gasteiger partial charge is 0.326 e. The zero-order valence-electron chi connectivity index (χ0n) is 7.57. The lowest BCUT2D eigenvalue weighted by Gasteiger charge is -2.16. The van der Waals surface area contributed by atoms with E-state index in [4.69, 9.17) is 16.7 Å². The summed E-state index contributed by atoms with van der Waals surface area (Å²) >= 11 is 0. The van der Waals surface area contributed by atoms with Gasteiger partial charge in [0.2, 0.25) is 0 Å². The van der Waals surface area contributed by atoms with Crippen LogP contribution in [0, 0.1) is 11.3 Å². The van der Waals surface area contributed by atoms with Gasteiger partial charge in [0.25, 0.3) is 0 Å². The molecule has 0 aliphatic heterocycles. The van der Waals surface area contributed by atoms with Crippen LogP contribution in [0.1, 0.15) is 24.1 Å². The molecule has 3 heteroatoms. The standard InChI is InChI=1S/C10H13N3/c1-7(12)10(13)9-5-3-2-4-8(9)6-11/h2-5,7,10H,12-13H2,1H3. The number of benzene rings is 1. The molecule has 1 aromatic carbocycles. The molecule has 0 spiro atoms. The van der Waals surface area contributed by atoms with Crippen LogP contribution in [0.2, 0.25) is 0 Å². The van der Waals surface area contributed by atoms with E-state index in [9.17, 15) is 0 Å². The highest BCUT2D eigenvalue weighted by Gasteiger charge is 2.13. The van der Waals surface area contributed by atoms with Crippen LogP contribution in [-0.4, -0.2) is 6.04 Å². The first-order chi connectivity index (χ1) is 6.16. The molecule has 0 amide bonds. The molecule has 0 aliphatic rings. The summed E-state index contributed by atoms with van der Waals surface area (Å²) in [6.07, 6.45) is 0. The summed E-state index contributed by atoms with van der Waals surface area (Å²) in [5.41, 5.74) is 12.9. The third kappa shape index (κ3) is 2.05. The van der Waals surface area contributed by atoms with Crippen molar-refractivity contribution in [2.24, 2.45) is 11.5 Å². The van der Waals surface area contributed by atoms with Crippen LogP contribution in [0.15, 0.2) is 24.3 Å². The maximum absolute atomic E-state index is 8.80. The van der Waals surface area contributed by atoms with Crippen LogP contribution in [0.5, 0.6) is 0 Å². The van der Waals surface area contributed by atoms with Gasteiger partial charge in [-0.05, 0) is 18.6 Å².